The molecule has 0 aliphatic heterocycles. The number of hydrogen-bond donors (Lipinski definition) is 1. The van der Waals surface area contributed by atoms with Crippen LogP contribution in [0.3, 0.4) is 0 Å². The minimum Gasteiger partial charge on any atom is -0.356 e. The highest BCUT2D eigenvalue weighted by Gasteiger charge is 1.98. The first-order valence-electron chi connectivity index (χ1n) is 5.14. The minimum atomic E-state index is 0.206. The number of unbranched alkanes of at least 4 members (excludes halogenated alkanes) is 3. The third-order valence-corrected chi connectivity index (χ3v) is 2.45. The molecule has 0 spiro atoms. The van der Waals surface area contributed by atoms with Gasteiger partial charge in [0.05, 0.1) is 0 Å². The largest absolute Gasteiger partial charge is 0.356 e. The van der Waals surface area contributed by atoms with E-state index in [9.17, 15) is 4.79 Å². The highest BCUT2D eigenvalue weighted by Crippen LogP contribution is 2.01. The fraction of sp³-hybridized carbons (Fsp3) is 0.900. The third-order valence-electron chi connectivity index (χ3n) is 1.89. The SMILES string of the molecule is CCCCCCC(=O)NCCCBr. The molecular formula is C10H20BrNO. The zero-order valence-electron chi connectivity index (χ0n) is 8.44. The van der Waals surface area contributed by atoms with Crippen LogP contribution >= 0.6 is 15.9 Å². The molecule has 1 amide bonds. The van der Waals surface area contributed by atoms with E-state index < -0.39 is 0 Å². The highest BCUT2D eigenvalue weighted by atomic mass is 79.9. The summed E-state index contributed by atoms with van der Waals surface area (Å²) >= 11 is 3.32. The summed E-state index contributed by atoms with van der Waals surface area (Å²) in [6.07, 6.45) is 6.40. The molecule has 0 aliphatic rings. The van der Waals surface area contributed by atoms with Gasteiger partial charge in [0.15, 0.2) is 0 Å². The Bertz CT molecular complexity index is 128. The molecule has 0 unspecified atom stereocenters. The Morgan fingerprint density at radius 1 is 1.23 bits per heavy atom. The number of carbonyl (C=O) groups excluding carboxylic acids is 1. The van der Waals surface area contributed by atoms with Gasteiger partial charge >= 0.3 is 0 Å². The van der Waals surface area contributed by atoms with Crippen LogP contribution in [0.25, 0.3) is 0 Å². The summed E-state index contributed by atoms with van der Waals surface area (Å²) in [5.74, 6) is 0.206. The molecule has 0 radical (unpaired) electrons. The fourth-order valence-electron chi connectivity index (χ4n) is 1.10. The van der Waals surface area contributed by atoms with Gasteiger partial charge in [-0.3, -0.25) is 4.79 Å². The molecular weight excluding hydrogens is 230 g/mol. The molecule has 13 heavy (non-hydrogen) atoms. The fourth-order valence-corrected chi connectivity index (χ4v) is 1.38. The Kier molecular flexibility index (Phi) is 10.00. The normalized spacial score (nSPS) is 10.0. The topological polar surface area (TPSA) is 29.1 Å². The van der Waals surface area contributed by atoms with E-state index in [0.717, 1.165) is 24.7 Å². The predicted molar refractivity (Wildman–Crippen MR) is 60.2 cm³/mol. The molecule has 78 valence electrons. The summed E-state index contributed by atoms with van der Waals surface area (Å²) in [5.41, 5.74) is 0. The zero-order valence-corrected chi connectivity index (χ0v) is 10.0. The first kappa shape index (κ1) is 12.9. The Hall–Kier alpha value is -0.0500. The molecule has 0 aromatic carbocycles. The van der Waals surface area contributed by atoms with E-state index in [0.29, 0.717) is 6.42 Å². The monoisotopic (exact) mass is 249 g/mol. The molecule has 0 atom stereocenters. The number of nitrogens with one attached hydrogen (secondary N) is 1. The second kappa shape index (κ2) is 10.0. The lowest BCUT2D eigenvalue weighted by atomic mass is 10.1. The average Bonchev–Trinajstić information content (AvgIpc) is 2.13. The van der Waals surface area contributed by atoms with Crippen LogP contribution in [0, 0.1) is 0 Å². The van der Waals surface area contributed by atoms with Crippen molar-refractivity contribution in [3.05, 3.63) is 0 Å². The maximum Gasteiger partial charge on any atom is 0.219 e. The van der Waals surface area contributed by atoms with Crippen molar-refractivity contribution in [1.82, 2.24) is 5.32 Å². The average molecular weight is 250 g/mol. The second-order valence-corrected chi connectivity index (χ2v) is 4.00. The molecule has 3 heteroatoms. The molecule has 0 fully saturated rings. The van der Waals surface area contributed by atoms with Crippen molar-refractivity contribution >= 4 is 21.8 Å². The van der Waals surface area contributed by atoms with Crippen LogP contribution in [-0.2, 0) is 4.79 Å². The van der Waals surface area contributed by atoms with E-state index in [4.69, 9.17) is 0 Å². The van der Waals surface area contributed by atoms with E-state index >= 15 is 0 Å². The summed E-state index contributed by atoms with van der Waals surface area (Å²) in [6.45, 7) is 2.98. The van der Waals surface area contributed by atoms with Gasteiger partial charge in [-0.05, 0) is 12.8 Å². The lowest BCUT2D eigenvalue weighted by Crippen LogP contribution is -2.24. The molecule has 0 rings (SSSR count). The van der Waals surface area contributed by atoms with E-state index in [2.05, 4.69) is 28.2 Å². The summed E-state index contributed by atoms with van der Waals surface area (Å²) in [4.78, 5) is 11.2. The molecule has 1 N–H and O–H groups in total. The van der Waals surface area contributed by atoms with Gasteiger partial charge in [0.1, 0.15) is 0 Å². The molecule has 0 bridgehead atoms. The lowest BCUT2D eigenvalue weighted by molar-refractivity contribution is -0.121. The van der Waals surface area contributed by atoms with Crippen molar-refractivity contribution in [1.29, 1.82) is 0 Å². The summed E-state index contributed by atoms with van der Waals surface area (Å²) in [6, 6.07) is 0. The smallest absolute Gasteiger partial charge is 0.219 e. The number of hydrogen-bond acceptors (Lipinski definition) is 1. The first-order chi connectivity index (χ1) is 6.31. The van der Waals surface area contributed by atoms with Crippen molar-refractivity contribution in [2.24, 2.45) is 0 Å². The maximum atomic E-state index is 11.2. The van der Waals surface area contributed by atoms with Crippen LogP contribution in [0.15, 0.2) is 0 Å². The lowest BCUT2D eigenvalue weighted by Gasteiger charge is -2.02. The van der Waals surface area contributed by atoms with Crippen LogP contribution in [0.4, 0.5) is 0 Å². The van der Waals surface area contributed by atoms with Gasteiger partial charge < -0.3 is 5.32 Å². The molecule has 0 aromatic rings. The van der Waals surface area contributed by atoms with E-state index in [-0.39, 0.29) is 5.91 Å². The number of halogens is 1. The number of carbonyl (C=O) groups is 1. The Labute approximate surface area is 89.6 Å². The van der Waals surface area contributed by atoms with Gasteiger partial charge in [0.25, 0.3) is 0 Å². The summed E-state index contributed by atoms with van der Waals surface area (Å²) in [7, 11) is 0. The second-order valence-electron chi connectivity index (χ2n) is 3.20. The number of amides is 1. The van der Waals surface area contributed by atoms with Crippen LogP contribution in [0.5, 0.6) is 0 Å². The first-order valence-corrected chi connectivity index (χ1v) is 6.26. The van der Waals surface area contributed by atoms with Crippen molar-refractivity contribution in [3.63, 3.8) is 0 Å². The Morgan fingerprint density at radius 2 is 2.00 bits per heavy atom. The van der Waals surface area contributed by atoms with Crippen LogP contribution in [-0.4, -0.2) is 17.8 Å². The predicted octanol–water partition coefficient (Wildman–Crippen LogP) is 2.86. The number of alkyl halides is 1. The third kappa shape index (κ3) is 9.87. The Morgan fingerprint density at radius 3 is 2.62 bits per heavy atom. The quantitative estimate of drug-likeness (QED) is 0.521. The van der Waals surface area contributed by atoms with Gasteiger partial charge in [-0.2, -0.15) is 0 Å². The van der Waals surface area contributed by atoms with Gasteiger partial charge in [0.2, 0.25) is 5.91 Å². The van der Waals surface area contributed by atoms with Gasteiger partial charge in [0, 0.05) is 18.3 Å². The molecule has 0 aliphatic carbocycles. The van der Waals surface area contributed by atoms with E-state index in [1.807, 2.05) is 0 Å². The van der Waals surface area contributed by atoms with Crippen LogP contribution in [0.1, 0.15) is 45.4 Å². The Balaban J connectivity index is 3.11. The summed E-state index contributed by atoms with van der Waals surface area (Å²) in [5, 5.41) is 3.85. The van der Waals surface area contributed by atoms with Crippen LogP contribution < -0.4 is 5.32 Å². The van der Waals surface area contributed by atoms with Crippen molar-refractivity contribution in [3.8, 4) is 0 Å². The maximum absolute atomic E-state index is 11.2. The molecule has 0 heterocycles. The zero-order chi connectivity index (χ0) is 9.94. The van der Waals surface area contributed by atoms with Crippen molar-refractivity contribution < 1.29 is 4.79 Å². The molecule has 0 aromatic heterocycles. The highest BCUT2D eigenvalue weighted by molar-refractivity contribution is 9.09. The van der Waals surface area contributed by atoms with Crippen molar-refractivity contribution in [2.75, 3.05) is 11.9 Å². The van der Waals surface area contributed by atoms with E-state index in [1.54, 1.807) is 0 Å². The molecule has 0 saturated heterocycles. The van der Waals surface area contributed by atoms with Gasteiger partial charge in [-0.1, -0.05) is 42.1 Å². The van der Waals surface area contributed by atoms with Gasteiger partial charge in [-0.15, -0.1) is 0 Å². The molecule has 0 saturated carbocycles. The van der Waals surface area contributed by atoms with Crippen molar-refractivity contribution in [2.45, 2.75) is 45.4 Å². The minimum absolute atomic E-state index is 0.206. The van der Waals surface area contributed by atoms with E-state index in [1.165, 1.54) is 19.3 Å². The standard InChI is InChI=1S/C10H20BrNO/c1-2-3-4-5-7-10(13)12-9-6-8-11/h2-9H2,1H3,(H,12,13). The molecule has 2 nitrogen and oxygen atoms in total. The van der Waals surface area contributed by atoms with Crippen LogP contribution in [0.2, 0.25) is 0 Å². The van der Waals surface area contributed by atoms with Gasteiger partial charge in [-0.25, -0.2) is 0 Å². The number of rotatable bonds is 8. The summed E-state index contributed by atoms with van der Waals surface area (Å²) < 4.78 is 0.